The van der Waals surface area contributed by atoms with E-state index in [0.29, 0.717) is 17.3 Å². The fourth-order valence-electron chi connectivity index (χ4n) is 2.16. The summed E-state index contributed by atoms with van der Waals surface area (Å²) in [6.45, 7) is 7.93. The minimum atomic E-state index is 0.0619. The molecule has 0 fully saturated rings. The third-order valence-corrected chi connectivity index (χ3v) is 3.58. The first-order valence-electron chi connectivity index (χ1n) is 7.09. The highest BCUT2D eigenvalue weighted by Gasteiger charge is 2.20. The lowest BCUT2D eigenvalue weighted by molar-refractivity contribution is 0.0735. The Morgan fingerprint density at radius 2 is 2.05 bits per heavy atom. The third kappa shape index (κ3) is 3.94. The molecular weight excluding hydrogens is 238 g/mol. The molecule has 0 saturated carbocycles. The molecule has 0 radical (unpaired) electrons. The van der Waals surface area contributed by atoms with Crippen LogP contribution in [-0.2, 0) is 0 Å². The van der Waals surface area contributed by atoms with Crippen molar-refractivity contribution in [3.63, 3.8) is 0 Å². The first-order chi connectivity index (χ1) is 9.17. The van der Waals surface area contributed by atoms with Gasteiger partial charge in [0.15, 0.2) is 0 Å². The Morgan fingerprint density at radius 1 is 1.37 bits per heavy atom. The average molecular weight is 263 g/mol. The minimum Gasteiger partial charge on any atom is -0.372 e. The number of hydrogen-bond donors (Lipinski definition) is 1. The van der Waals surface area contributed by atoms with Crippen LogP contribution in [-0.4, -0.2) is 35.9 Å². The lowest BCUT2D eigenvalue weighted by atomic mass is 10.0. The van der Waals surface area contributed by atoms with E-state index in [1.807, 2.05) is 17.9 Å². The number of carbonyl (C=O) groups excluding carboxylic acids is 1. The molecule has 0 aliphatic heterocycles. The van der Waals surface area contributed by atoms with Gasteiger partial charge in [-0.2, -0.15) is 0 Å². The van der Waals surface area contributed by atoms with Crippen molar-refractivity contribution in [2.45, 2.75) is 33.6 Å². The average Bonchev–Trinajstić information content (AvgIpc) is 2.48. The van der Waals surface area contributed by atoms with E-state index in [9.17, 15) is 4.79 Å². The summed E-state index contributed by atoms with van der Waals surface area (Å²) < 4.78 is 0. The SMILES string of the molecule is CCC(CC)CN(CC)C(=O)c1cccnc1NC. The summed E-state index contributed by atoms with van der Waals surface area (Å²) in [5.74, 6) is 1.28. The zero-order valence-corrected chi connectivity index (χ0v) is 12.4. The smallest absolute Gasteiger partial charge is 0.257 e. The predicted molar refractivity (Wildman–Crippen MR) is 79.4 cm³/mol. The molecule has 0 saturated heterocycles. The Morgan fingerprint density at radius 3 is 2.58 bits per heavy atom. The first kappa shape index (κ1) is 15.5. The number of anilines is 1. The molecule has 0 aromatic carbocycles. The van der Waals surface area contributed by atoms with Gasteiger partial charge in [-0.15, -0.1) is 0 Å². The molecule has 0 spiro atoms. The van der Waals surface area contributed by atoms with Crippen LogP contribution in [0, 0.1) is 5.92 Å². The normalized spacial score (nSPS) is 10.6. The maximum absolute atomic E-state index is 12.6. The van der Waals surface area contributed by atoms with Gasteiger partial charge in [0.25, 0.3) is 5.91 Å². The number of nitrogens with one attached hydrogen (secondary N) is 1. The van der Waals surface area contributed by atoms with Gasteiger partial charge in [-0.25, -0.2) is 4.98 Å². The Bertz CT molecular complexity index is 402. The van der Waals surface area contributed by atoms with Crippen LogP contribution in [0.4, 0.5) is 5.82 Å². The lowest BCUT2D eigenvalue weighted by Crippen LogP contribution is -2.35. The Balaban J connectivity index is 2.89. The van der Waals surface area contributed by atoms with Gasteiger partial charge in [-0.05, 0) is 25.0 Å². The van der Waals surface area contributed by atoms with E-state index < -0.39 is 0 Å². The molecule has 0 aliphatic carbocycles. The summed E-state index contributed by atoms with van der Waals surface area (Å²) in [6, 6.07) is 3.63. The standard InChI is InChI=1S/C15H25N3O/c1-5-12(6-2)11-18(7-3)15(19)13-9-8-10-17-14(13)16-4/h8-10,12H,5-7,11H2,1-4H3,(H,16,17). The molecule has 4 heteroatoms. The fraction of sp³-hybridized carbons (Fsp3) is 0.600. The molecular formula is C15H25N3O. The van der Waals surface area contributed by atoms with E-state index in [4.69, 9.17) is 0 Å². The molecule has 1 N–H and O–H groups in total. The van der Waals surface area contributed by atoms with Crippen LogP contribution in [0.25, 0.3) is 0 Å². The van der Waals surface area contributed by atoms with Gasteiger partial charge in [0.1, 0.15) is 5.82 Å². The summed E-state index contributed by atoms with van der Waals surface area (Å²) in [5.41, 5.74) is 0.651. The van der Waals surface area contributed by atoms with Crippen molar-refractivity contribution in [3.05, 3.63) is 23.9 Å². The number of hydrogen-bond acceptors (Lipinski definition) is 3. The molecule has 1 heterocycles. The van der Waals surface area contributed by atoms with E-state index in [0.717, 1.165) is 25.9 Å². The van der Waals surface area contributed by atoms with Crippen LogP contribution in [0.5, 0.6) is 0 Å². The molecule has 106 valence electrons. The zero-order valence-electron chi connectivity index (χ0n) is 12.4. The van der Waals surface area contributed by atoms with Gasteiger partial charge >= 0.3 is 0 Å². The van der Waals surface area contributed by atoms with E-state index in [1.165, 1.54) is 0 Å². The van der Waals surface area contributed by atoms with E-state index in [1.54, 1.807) is 19.3 Å². The van der Waals surface area contributed by atoms with Crippen molar-refractivity contribution in [1.29, 1.82) is 0 Å². The number of carbonyl (C=O) groups is 1. The number of aromatic nitrogens is 1. The van der Waals surface area contributed by atoms with Crippen molar-refractivity contribution in [3.8, 4) is 0 Å². The highest BCUT2D eigenvalue weighted by Crippen LogP contribution is 2.16. The van der Waals surface area contributed by atoms with Crippen molar-refractivity contribution in [2.75, 3.05) is 25.5 Å². The summed E-state index contributed by atoms with van der Waals surface area (Å²) in [7, 11) is 1.79. The molecule has 0 bridgehead atoms. The second-order valence-electron chi connectivity index (χ2n) is 4.68. The number of rotatable bonds is 7. The molecule has 0 atom stereocenters. The van der Waals surface area contributed by atoms with Crippen LogP contribution < -0.4 is 5.32 Å². The largest absolute Gasteiger partial charge is 0.372 e. The highest BCUT2D eigenvalue weighted by molar-refractivity contribution is 5.98. The molecule has 4 nitrogen and oxygen atoms in total. The topological polar surface area (TPSA) is 45.2 Å². The second-order valence-corrected chi connectivity index (χ2v) is 4.68. The van der Waals surface area contributed by atoms with Crippen LogP contribution in [0.3, 0.4) is 0 Å². The fourth-order valence-corrected chi connectivity index (χ4v) is 2.16. The maximum Gasteiger partial charge on any atom is 0.257 e. The lowest BCUT2D eigenvalue weighted by Gasteiger charge is -2.26. The number of pyridine rings is 1. The van der Waals surface area contributed by atoms with Crippen molar-refractivity contribution in [1.82, 2.24) is 9.88 Å². The van der Waals surface area contributed by atoms with Crippen LogP contribution in [0.1, 0.15) is 44.0 Å². The molecule has 0 aliphatic rings. The Kier molecular flexibility index (Phi) is 6.33. The molecule has 1 rings (SSSR count). The monoisotopic (exact) mass is 263 g/mol. The van der Waals surface area contributed by atoms with Crippen molar-refractivity contribution >= 4 is 11.7 Å². The van der Waals surface area contributed by atoms with Gasteiger partial charge < -0.3 is 10.2 Å². The molecule has 1 aromatic rings. The van der Waals surface area contributed by atoms with E-state index in [2.05, 4.69) is 24.1 Å². The van der Waals surface area contributed by atoms with Crippen LogP contribution in [0.2, 0.25) is 0 Å². The summed E-state index contributed by atoms with van der Waals surface area (Å²) in [4.78, 5) is 18.7. The molecule has 1 aromatic heterocycles. The van der Waals surface area contributed by atoms with Gasteiger partial charge in [-0.3, -0.25) is 4.79 Å². The van der Waals surface area contributed by atoms with E-state index in [-0.39, 0.29) is 5.91 Å². The second kappa shape index (κ2) is 7.77. The summed E-state index contributed by atoms with van der Waals surface area (Å²) >= 11 is 0. The zero-order chi connectivity index (χ0) is 14.3. The quantitative estimate of drug-likeness (QED) is 0.822. The molecule has 19 heavy (non-hydrogen) atoms. The number of nitrogens with zero attached hydrogens (tertiary/aromatic N) is 2. The Labute approximate surface area is 116 Å². The summed E-state index contributed by atoms with van der Waals surface area (Å²) in [5, 5.41) is 2.98. The van der Waals surface area contributed by atoms with Crippen LogP contribution >= 0.6 is 0 Å². The van der Waals surface area contributed by atoms with E-state index >= 15 is 0 Å². The van der Waals surface area contributed by atoms with Crippen molar-refractivity contribution in [2.24, 2.45) is 5.92 Å². The number of amides is 1. The summed E-state index contributed by atoms with van der Waals surface area (Å²) in [6.07, 6.45) is 3.90. The van der Waals surface area contributed by atoms with Gasteiger partial charge in [-0.1, -0.05) is 26.7 Å². The van der Waals surface area contributed by atoms with Crippen molar-refractivity contribution < 1.29 is 4.79 Å². The predicted octanol–water partition coefficient (Wildman–Crippen LogP) is 3.02. The Hall–Kier alpha value is -1.58. The minimum absolute atomic E-state index is 0.0619. The molecule has 1 amide bonds. The van der Waals surface area contributed by atoms with Gasteiger partial charge in [0.2, 0.25) is 0 Å². The maximum atomic E-state index is 12.6. The first-order valence-corrected chi connectivity index (χ1v) is 7.09. The van der Waals surface area contributed by atoms with Gasteiger partial charge in [0, 0.05) is 26.3 Å². The van der Waals surface area contributed by atoms with Crippen LogP contribution in [0.15, 0.2) is 18.3 Å². The third-order valence-electron chi connectivity index (χ3n) is 3.58. The molecule has 0 unspecified atom stereocenters. The highest BCUT2D eigenvalue weighted by atomic mass is 16.2. The van der Waals surface area contributed by atoms with Gasteiger partial charge in [0.05, 0.1) is 5.56 Å².